The van der Waals surface area contributed by atoms with Crippen molar-refractivity contribution in [2.45, 2.75) is 46.0 Å². The molecule has 0 aromatic rings. The molecule has 0 saturated heterocycles. The molecule has 1 rings (SSSR count). The van der Waals surface area contributed by atoms with Crippen molar-refractivity contribution < 1.29 is 14.7 Å². The summed E-state index contributed by atoms with van der Waals surface area (Å²) >= 11 is 0. The van der Waals surface area contributed by atoms with Gasteiger partial charge < -0.3 is 10.4 Å². The SMILES string of the molecule is CC(C)CCC(=O)NCC1(C(=O)O)CCC1. The van der Waals surface area contributed by atoms with E-state index in [1.807, 2.05) is 0 Å². The molecule has 2 N–H and O–H groups in total. The number of carbonyl (C=O) groups excluding carboxylic acids is 1. The fraction of sp³-hybridized carbons (Fsp3) is 0.833. The highest BCUT2D eigenvalue weighted by Gasteiger charge is 2.44. The minimum atomic E-state index is -0.775. The lowest BCUT2D eigenvalue weighted by atomic mass is 9.69. The van der Waals surface area contributed by atoms with E-state index in [-0.39, 0.29) is 5.91 Å². The van der Waals surface area contributed by atoms with E-state index in [4.69, 9.17) is 5.11 Å². The fourth-order valence-corrected chi connectivity index (χ4v) is 1.85. The second kappa shape index (κ2) is 5.32. The number of aliphatic carboxylic acids is 1. The van der Waals surface area contributed by atoms with Crippen molar-refractivity contribution in [3.8, 4) is 0 Å². The zero-order valence-electron chi connectivity index (χ0n) is 10.1. The average molecular weight is 227 g/mol. The first-order valence-corrected chi connectivity index (χ1v) is 5.96. The molecule has 16 heavy (non-hydrogen) atoms. The number of amides is 1. The number of carboxylic acids is 1. The quantitative estimate of drug-likeness (QED) is 0.727. The molecule has 4 heteroatoms. The van der Waals surface area contributed by atoms with Gasteiger partial charge in [0.25, 0.3) is 0 Å². The van der Waals surface area contributed by atoms with Crippen molar-refractivity contribution in [1.29, 1.82) is 0 Å². The summed E-state index contributed by atoms with van der Waals surface area (Å²) in [5.74, 6) is -0.299. The molecule has 1 saturated carbocycles. The van der Waals surface area contributed by atoms with Gasteiger partial charge in [-0.2, -0.15) is 0 Å². The van der Waals surface area contributed by atoms with Crippen LogP contribution in [0.2, 0.25) is 0 Å². The van der Waals surface area contributed by atoms with Crippen molar-refractivity contribution in [2.75, 3.05) is 6.54 Å². The molecule has 0 atom stereocenters. The van der Waals surface area contributed by atoms with Gasteiger partial charge in [-0.05, 0) is 25.2 Å². The lowest BCUT2D eigenvalue weighted by Crippen LogP contribution is -2.47. The van der Waals surface area contributed by atoms with Crippen molar-refractivity contribution >= 4 is 11.9 Å². The van der Waals surface area contributed by atoms with Gasteiger partial charge in [0, 0.05) is 13.0 Å². The second-order valence-electron chi connectivity index (χ2n) is 5.15. The van der Waals surface area contributed by atoms with Gasteiger partial charge in [0.15, 0.2) is 0 Å². The van der Waals surface area contributed by atoms with Gasteiger partial charge in [-0.15, -0.1) is 0 Å². The van der Waals surface area contributed by atoms with Gasteiger partial charge in [-0.3, -0.25) is 9.59 Å². The first-order chi connectivity index (χ1) is 7.46. The Morgan fingerprint density at radius 2 is 2.00 bits per heavy atom. The van der Waals surface area contributed by atoms with E-state index < -0.39 is 11.4 Å². The van der Waals surface area contributed by atoms with Crippen LogP contribution in [0.15, 0.2) is 0 Å². The first kappa shape index (κ1) is 13.0. The lowest BCUT2D eigenvalue weighted by molar-refractivity contribution is -0.154. The molecular formula is C12H21NO3. The summed E-state index contributed by atoms with van der Waals surface area (Å²) < 4.78 is 0. The second-order valence-corrected chi connectivity index (χ2v) is 5.15. The predicted octanol–water partition coefficient (Wildman–Crippen LogP) is 1.79. The molecule has 0 aromatic carbocycles. The van der Waals surface area contributed by atoms with Gasteiger partial charge in [0.2, 0.25) is 5.91 Å². The smallest absolute Gasteiger partial charge is 0.311 e. The first-order valence-electron chi connectivity index (χ1n) is 5.96. The molecule has 1 amide bonds. The molecule has 0 aliphatic heterocycles. The number of rotatable bonds is 6. The number of carbonyl (C=O) groups is 2. The average Bonchev–Trinajstić information content (AvgIpc) is 2.12. The molecule has 0 heterocycles. The van der Waals surface area contributed by atoms with Crippen LogP contribution in [0, 0.1) is 11.3 Å². The van der Waals surface area contributed by atoms with Gasteiger partial charge in [-0.1, -0.05) is 20.3 Å². The monoisotopic (exact) mass is 227 g/mol. The van der Waals surface area contributed by atoms with E-state index in [9.17, 15) is 9.59 Å². The molecule has 0 bridgehead atoms. The molecule has 1 fully saturated rings. The van der Waals surface area contributed by atoms with Crippen LogP contribution in [0.5, 0.6) is 0 Å². The zero-order valence-corrected chi connectivity index (χ0v) is 10.1. The Hall–Kier alpha value is -1.06. The number of hydrogen-bond acceptors (Lipinski definition) is 2. The highest BCUT2D eigenvalue weighted by molar-refractivity contribution is 5.79. The minimum absolute atomic E-state index is 0.0266. The van der Waals surface area contributed by atoms with Crippen molar-refractivity contribution in [2.24, 2.45) is 11.3 Å². The molecule has 1 aliphatic rings. The molecule has 92 valence electrons. The van der Waals surface area contributed by atoms with Crippen LogP contribution in [-0.2, 0) is 9.59 Å². The summed E-state index contributed by atoms with van der Waals surface area (Å²) in [6, 6.07) is 0. The highest BCUT2D eigenvalue weighted by Crippen LogP contribution is 2.40. The van der Waals surface area contributed by atoms with Crippen LogP contribution in [0.3, 0.4) is 0 Å². The maximum absolute atomic E-state index is 11.5. The summed E-state index contributed by atoms with van der Waals surface area (Å²) in [6.45, 7) is 4.43. The largest absolute Gasteiger partial charge is 0.481 e. The highest BCUT2D eigenvalue weighted by atomic mass is 16.4. The van der Waals surface area contributed by atoms with Crippen molar-refractivity contribution in [3.63, 3.8) is 0 Å². The molecule has 1 aliphatic carbocycles. The number of nitrogens with one attached hydrogen (secondary N) is 1. The minimum Gasteiger partial charge on any atom is -0.481 e. The van der Waals surface area contributed by atoms with Crippen LogP contribution in [0.1, 0.15) is 46.0 Å². The number of carboxylic acid groups (broad SMARTS) is 1. The molecule has 0 spiro atoms. The van der Waals surface area contributed by atoms with Crippen LogP contribution >= 0.6 is 0 Å². The maximum Gasteiger partial charge on any atom is 0.311 e. The molecule has 0 radical (unpaired) electrons. The van der Waals surface area contributed by atoms with Gasteiger partial charge in [-0.25, -0.2) is 0 Å². The third kappa shape index (κ3) is 3.22. The summed E-state index contributed by atoms with van der Waals surface area (Å²) in [4.78, 5) is 22.5. The Balaban J connectivity index is 2.28. The van der Waals surface area contributed by atoms with Crippen LogP contribution in [0.25, 0.3) is 0 Å². The Kier molecular flexibility index (Phi) is 4.33. The third-order valence-corrected chi connectivity index (χ3v) is 3.34. The maximum atomic E-state index is 11.5. The Morgan fingerprint density at radius 1 is 1.38 bits per heavy atom. The Labute approximate surface area is 96.4 Å². The van der Waals surface area contributed by atoms with Crippen LogP contribution < -0.4 is 5.32 Å². The van der Waals surface area contributed by atoms with Crippen LogP contribution in [-0.4, -0.2) is 23.5 Å². The van der Waals surface area contributed by atoms with E-state index >= 15 is 0 Å². The lowest BCUT2D eigenvalue weighted by Gasteiger charge is -2.37. The van der Waals surface area contributed by atoms with Gasteiger partial charge >= 0.3 is 5.97 Å². The predicted molar refractivity (Wildman–Crippen MR) is 61.0 cm³/mol. The van der Waals surface area contributed by atoms with Crippen LogP contribution in [0.4, 0.5) is 0 Å². The molecule has 0 aromatic heterocycles. The fourth-order valence-electron chi connectivity index (χ4n) is 1.85. The summed E-state index contributed by atoms with van der Waals surface area (Å²) in [5.41, 5.74) is -0.673. The zero-order chi connectivity index (χ0) is 12.2. The van der Waals surface area contributed by atoms with E-state index in [0.29, 0.717) is 31.7 Å². The normalized spacial score (nSPS) is 17.9. The molecule has 4 nitrogen and oxygen atoms in total. The van der Waals surface area contributed by atoms with Gasteiger partial charge in [0.1, 0.15) is 0 Å². The van der Waals surface area contributed by atoms with Crippen molar-refractivity contribution in [3.05, 3.63) is 0 Å². The summed E-state index contributed by atoms with van der Waals surface area (Å²) in [7, 11) is 0. The number of hydrogen-bond donors (Lipinski definition) is 2. The Bertz CT molecular complexity index is 269. The summed E-state index contributed by atoms with van der Waals surface area (Å²) in [6.07, 6.45) is 3.67. The van der Waals surface area contributed by atoms with Crippen molar-refractivity contribution in [1.82, 2.24) is 5.32 Å². The topological polar surface area (TPSA) is 66.4 Å². The van der Waals surface area contributed by atoms with E-state index in [0.717, 1.165) is 12.8 Å². The van der Waals surface area contributed by atoms with E-state index in [1.165, 1.54) is 0 Å². The molecular weight excluding hydrogens is 206 g/mol. The standard InChI is InChI=1S/C12H21NO3/c1-9(2)4-5-10(14)13-8-12(11(15)16)6-3-7-12/h9H,3-8H2,1-2H3,(H,13,14)(H,15,16). The van der Waals surface area contributed by atoms with E-state index in [1.54, 1.807) is 0 Å². The van der Waals surface area contributed by atoms with Gasteiger partial charge in [0.05, 0.1) is 5.41 Å². The molecule has 0 unspecified atom stereocenters. The third-order valence-electron chi connectivity index (χ3n) is 3.34. The summed E-state index contributed by atoms with van der Waals surface area (Å²) in [5, 5.41) is 11.8. The van der Waals surface area contributed by atoms with E-state index in [2.05, 4.69) is 19.2 Å². The Morgan fingerprint density at radius 3 is 2.38 bits per heavy atom.